The van der Waals surface area contributed by atoms with Crippen molar-refractivity contribution in [2.45, 2.75) is 29.9 Å². The van der Waals surface area contributed by atoms with Crippen LogP contribution < -0.4 is 10.1 Å². The lowest BCUT2D eigenvalue weighted by Crippen LogP contribution is -2.40. The second-order valence-electron chi connectivity index (χ2n) is 6.26. The van der Waals surface area contributed by atoms with Crippen molar-refractivity contribution in [1.82, 2.24) is 9.62 Å². The van der Waals surface area contributed by atoms with Crippen LogP contribution in [0.3, 0.4) is 0 Å². The summed E-state index contributed by atoms with van der Waals surface area (Å²) < 4.78 is 37.3. The molecule has 0 aromatic heterocycles. The fourth-order valence-corrected chi connectivity index (χ4v) is 4.26. The smallest absolute Gasteiger partial charge is 0.243 e. The number of morpholine rings is 1. The quantitative estimate of drug-likeness (QED) is 0.684. The van der Waals surface area contributed by atoms with E-state index in [2.05, 4.69) is 5.32 Å². The van der Waals surface area contributed by atoms with Crippen LogP contribution in [0.1, 0.15) is 12.8 Å². The number of aliphatic hydroxyl groups is 1. The number of nitrogens with one attached hydrogen (secondary N) is 1. The van der Waals surface area contributed by atoms with Gasteiger partial charge in [-0.05, 0) is 31.0 Å². The number of sulfonamides is 1. The summed E-state index contributed by atoms with van der Waals surface area (Å²) in [4.78, 5) is 0.127. The number of aliphatic hydroxyl groups excluding tert-OH is 1. The number of hydrogen-bond donors (Lipinski definition) is 2. The molecule has 1 saturated carbocycles. The standard InChI is InChI=1S/C16H23ClN2O5S/c17-15-9-14(25(21,22)19-5-7-23-8-6-19)3-4-16(15)24-11-13(20)10-18-12-1-2-12/h3-4,9,12-13,18,20H,1-2,5-8,10-11H2/t13-/m0/s1. The molecular formula is C16H23ClN2O5S. The van der Waals surface area contributed by atoms with Crippen LogP contribution in [0.4, 0.5) is 0 Å². The van der Waals surface area contributed by atoms with Crippen LogP contribution in [0.15, 0.2) is 23.1 Å². The van der Waals surface area contributed by atoms with E-state index in [0.29, 0.717) is 44.6 Å². The van der Waals surface area contributed by atoms with Crippen molar-refractivity contribution >= 4 is 21.6 Å². The minimum atomic E-state index is -3.59. The third kappa shape index (κ3) is 5.06. The lowest BCUT2D eigenvalue weighted by molar-refractivity contribution is 0.0730. The van der Waals surface area contributed by atoms with Gasteiger partial charge >= 0.3 is 0 Å². The summed E-state index contributed by atoms with van der Waals surface area (Å²) in [7, 11) is -3.59. The number of benzene rings is 1. The van der Waals surface area contributed by atoms with Crippen molar-refractivity contribution in [2.24, 2.45) is 0 Å². The van der Waals surface area contributed by atoms with Crippen LogP contribution in [-0.4, -0.2) is 69.4 Å². The Balaban J connectivity index is 1.59. The Bertz CT molecular complexity index is 690. The van der Waals surface area contributed by atoms with Crippen molar-refractivity contribution in [2.75, 3.05) is 39.5 Å². The first-order chi connectivity index (χ1) is 12.0. The lowest BCUT2D eigenvalue weighted by atomic mass is 10.3. The highest BCUT2D eigenvalue weighted by Crippen LogP contribution is 2.29. The Morgan fingerprint density at radius 1 is 1.36 bits per heavy atom. The molecule has 9 heteroatoms. The number of rotatable bonds is 8. The first-order valence-electron chi connectivity index (χ1n) is 8.38. The molecule has 2 aliphatic rings. The Morgan fingerprint density at radius 2 is 2.08 bits per heavy atom. The normalized spacial score (nSPS) is 20.4. The van der Waals surface area contributed by atoms with E-state index in [1.54, 1.807) is 0 Å². The number of halogens is 1. The van der Waals surface area contributed by atoms with Gasteiger partial charge < -0.3 is 19.9 Å². The van der Waals surface area contributed by atoms with E-state index in [1.165, 1.54) is 22.5 Å². The predicted octanol–water partition coefficient (Wildman–Crippen LogP) is 0.853. The largest absolute Gasteiger partial charge is 0.489 e. The van der Waals surface area contributed by atoms with E-state index in [-0.39, 0.29) is 16.5 Å². The van der Waals surface area contributed by atoms with E-state index in [0.717, 1.165) is 12.8 Å². The molecule has 140 valence electrons. The summed E-state index contributed by atoms with van der Waals surface area (Å²) in [6.45, 7) is 2.00. The maximum absolute atomic E-state index is 12.6. The molecule has 0 radical (unpaired) electrons. The monoisotopic (exact) mass is 390 g/mol. The molecule has 1 aliphatic heterocycles. The molecule has 1 aliphatic carbocycles. The zero-order valence-corrected chi connectivity index (χ0v) is 15.4. The van der Waals surface area contributed by atoms with Gasteiger partial charge in [-0.2, -0.15) is 4.31 Å². The van der Waals surface area contributed by atoms with Crippen LogP contribution >= 0.6 is 11.6 Å². The predicted molar refractivity (Wildman–Crippen MR) is 93.6 cm³/mol. The van der Waals surface area contributed by atoms with Crippen LogP contribution in [0.2, 0.25) is 5.02 Å². The average Bonchev–Trinajstić information content (AvgIpc) is 3.44. The van der Waals surface area contributed by atoms with Crippen molar-refractivity contribution in [1.29, 1.82) is 0 Å². The maximum Gasteiger partial charge on any atom is 0.243 e. The highest BCUT2D eigenvalue weighted by molar-refractivity contribution is 7.89. The van der Waals surface area contributed by atoms with Gasteiger partial charge in [-0.3, -0.25) is 0 Å². The molecule has 1 atom stereocenters. The SMILES string of the molecule is O=S(=O)(c1ccc(OC[C@@H](O)CNC2CC2)c(Cl)c1)N1CCOCC1. The average molecular weight is 391 g/mol. The second kappa shape index (κ2) is 8.20. The molecular weight excluding hydrogens is 368 g/mol. The van der Waals surface area contributed by atoms with E-state index >= 15 is 0 Å². The molecule has 1 heterocycles. The molecule has 2 N–H and O–H groups in total. The Kier molecular flexibility index (Phi) is 6.19. The molecule has 3 rings (SSSR count). The minimum absolute atomic E-state index is 0.0923. The zero-order valence-electron chi connectivity index (χ0n) is 13.9. The Hall–Kier alpha value is -0.900. The molecule has 0 unspecified atom stereocenters. The van der Waals surface area contributed by atoms with Gasteiger partial charge in [-0.15, -0.1) is 0 Å². The molecule has 1 saturated heterocycles. The summed E-state index contributed by atoms with van der Waals surface area (Å²) >= 11 is 6.17. The maximum atomic E-state index is 12.6. The van der Waals surface area contributed by atoms with E-state index in [1.807, 2.05) is 0 Å². The molecule has 7 nitrogen and oxygen atoms in total. The van der Waals surface area contributed by atoms with Gasteiger partial charge in [-0.25, -0.2) is 8.42 Å². The Labute approximate surface area is 152 Å². The molecule has 25 heavy (non-hydrogen) atoms. The van der Waals surface area contributed by atoms with Gasteiger partial charge in [-0.1, -0.05) is 11.6 Å². The third-order valence-corrected chi connectivity index (χ3v) is 6.35. The number of hydrogen-bond acceptors (Lipinski definition) is 6. The fraction of sp³-hybridized carbons (Fsp3) is 0.625. The van der Waals surface area contributed by atoms with E-state index < -0.39 is 16.1 Å². The molecule has 0 spiro atoms. The highest BCUT2D eigenvalue weighted by atomic mass is 35.5. The van der Waals surface area contributed by atoms with Crippen LogP contribution in [0.25, 0.3) is 0 Å². The second-order valence-corrected chi connectivity index (χ2v) is 8.60. The number of nitrogens with zero attached hydrogens (tertiary/aromatic N) is 1. The van der Waals surface area contributed by atoms with E-state index in [4.69, 9.17) is 21.1 Å². The molecule has 0 bridgehead atoms. The molecule has 1 aromatic rings. The molecule has 1 aromatic carbocycles. The van der Waals surface area contributed by atoms with E-state index in [9.17, 15) is 13.5 Å². The summed E-state index contributed by atoms with van der Waals surface area (Å²) in [6.07, 6.45) is 1.66. The summed E-state index contributed by atoms with van der Waals surface area (Å²) in [6, 6.07) is 4.90. The van der Waals surface area contributed by atoms with Gasteiger partial charge in [0.1, 0.15) is 18.5 Å². The van der Waals surface area contributed by atoms with Crippen LogP contribution in [0, 0.1) is 0 Å². The number of ether oxygens (including phenoxy) is 2. The van der Waals surface area contributed by atoms with Gasteiger partial charge in [0.25, 0.3) is 0 Å². The third-order valence-electron chi connectivity index (χ3n) is 4.16. The first-order valence-corrected chi connectivity index (χ1v) is 10.2. The van der Waals surface area contributed by atoms with Gasteiger partial charge in [0.05, 0.1) is 23.1 Å². The van der Waals surface area contributed by atoms with Crippen molar-refractivity contribution in [3.63, 3.8) is 0 Å². The van der Waals surface area contributed by atoms with Crippen LogP contribution in [-0.2, 0) is 14.8 Å². The first kappa shape index (κ1) is 18.9. The lowest BCUT2D eigenvalue weighted by Gasteiger charge is -2.26. The van der Waals surface area contributed by atoms with Gasteiger partial charge in [0.15, 0.2) is 0 Å². The van der Waals surface area contributed by atoms with Crippen molar-refractivity contribution < 1.29 is 23.0 Å². The minimum Gasteiger partial charge on any atom is -0.489 e. The van der Waals surface area contributed by atoms with Crippen molar-refractivity contribution in [3.05, 3.63) is 23.2 Å². The van der Waals surface area contributed by atoms with Crippen LogP contribution in [0.5, 0.6) is 5.75 Å². The van der Waals surface area contributed by atoms with Gasteiger partial charge in [0, 0.05) is 25.7 Å². The summed E-state index contributed by atoms with van der Waals surface area (Å²) in [5.41, 5.74) is 0. The fourth-order valence-electron chi connectivity index (χ4n) is 2.53. The zero-order chi connectivity index (χ0) is 17.9. The topological polar surface area (TPSA) is 88.1 Å². The Morgan fingerprint density at radius 3 is 2.72 bits per heavy atom. The molecule has 0 amide bonds. The van der Waals surface area contributed by atoms with Gasteiger partial charge in [0.2, 0.25) is 10.0 Å². The highest BCUT2D eigenvalue weighted by Gasteiger charge is 2.27. The van der Waals surface area contributed by atoms with Crippen molar-refractivity contribution in [3.8, 4) is 5.75 Å². The summed E-state index contributed by atoms with van der Waals surface area (Å²) in [5.74, 6) is 0.355. The summed E-state index contributed by atoms with van der Waals surface area (Å²) in [5, 5.41) is 13.3. The molecule has 2 fully saturated rings.